The van der Waals surface area contributed by atoms with Gasteiger partial charge in [-0.3, -0.25) is 14.0 Å². The normalized spacial score (nSPS) is 11.0. The number of amides is 1. The van der Waals surface area contributed by atoms with Crippen molar-refractivity contribution in [2.45, 2.75) is 13.1 Å². The molecule has 3 aromatic heterocycles. The molecule has 0 atom stereocenters. The van der Waals surface area contributed by atoms with E-state index in [0.717, 1.165) is 29.5 Å². The van der Waals surface area contributed by atoms with E-state index in [9.17, 15) is 18.0 Å². The zero-order valence-electron chi connectivity index (χ0n) is 20.3. The molecular formula is C27H21F3N6O3. The fourth-order valence-corrected chi connectivity index (χ4v) is 3.81. The Labute approximate surface area is 219 Å². The molecule has 39 heavy (non-hydrogen) atoms. The van der Waals surface area contributed by atoms with Crippen molar-refractivity contribution in [2.75, 3.05) is 11.1 Å². The smallest absolute Gasteiger partial charge is 0.416 e. The number of nitrogens with one attached hydrogen (secondary N) is 1. The summed E-state index contributed by atoms with van der Waals surface area (Å²) in [5.74, 6) is 0.201. The molecule has 4 N–H and O–H groups in total. The Morgan fingerprint density at radius 2 is 1.64 bits per heavy atom. The Balaban J connectivity index is 0.00000112. The number of anilines is 2. The third-order valence-corrected chi connectivity index (χ3v) is 5.64. The lowest BCUT2D eigenvalue weighted by Gasteiger charge is -2.09. The quantitative estimate of drug-likeness (QED) is 0.266. The highest BCUT2D eigenvalue weighted by atomic mass is 19.4. The first-order valence-corrected chi connectivity index (χ1v) is 11.3. The number of fused-ring (bicyclic) bond motifs is 1. The largest absolute Gasteiger partial charge is 0.483 e. The number of nitrogens with zero attached hydrogens (tertiary/aromatic N) is 4. The summed E-state index contributed by atoms with van der Waals surface area (Å²) in [6.07, 6.45) is -0.164. The van der Waals surface area contributed by atoms with E-state index in [1.807, 2.05) is 35.6 Å². The van der Waals surface area contributed by atoms with Crippen LogP contribution >= 0.6 is 0 Å². The molecule has 0 spiro atoms. The molecular weight excluding hydrogens is 513 g/mol. The van der Waals surface area contributed by atoms with E-state index in [0.29, 0.717) is 28.4 Å². The molecule has 0 aliphatic carbocycles. The second kappa shape index (κ2) is 11.0. The van der Waals surface area contributed by atoms with Gasteiger partial charge in [-0.15, -0.1) is 0 Å². The lowest BCUT2D eigenvalue weighted by molar-refractivity contribution is -0.137. The van der Waals surface area contributed by atoms with E-state index in [1.54, 1.807) is 36.7 Å². The number of aryl methyl sites for hydroxylation is 1. The molecule has 0 unspecified atom stereocenters. The average Bonchev–Trinajstić information content (AvgIpc) is 3.30. The highest BCUT2D eigenvalue weighted by Gasteiger charge is 2.31. The Hall–Kier alpha value is -5.26. The fraction of sp³-hybridized carbons (Fsp3) is 0.0741. The van der Waals surface area contributed by atoms with Crippen LogP contribution in [0, 0.1) is 6.92 Å². The van der Waals surface area contributed by atoms with Crippen molar-refractivity contribution in [3.8, 4) is 22.6 Å². The van der Waals surface area contributed by atoms with Crippen LogP contribution < -0.4 is 11.1 Å². The number of hydrogen-bond donors (Lipinski definition) is 3. The van der Waals surface area contributed by atoms with E-state index >= 15 is 0 Å². The number of nitrogens with two attached hydrogens (primary N) is 1. The van der Waals surface area contributed by atoms with E-state index in [4.69, 9.17) is 20.6 Å². The minimum atomic E-state index is -4.54. The van der Waals surface area contributed by atoms with E-state index in [-0.39, 0.29) is 17.9 Å². The summed E-state index contributed by atoms with van der Waals surface area (Å²) < 4.78 is 40.7. The second-order valence-electron chi connectivity index (χ2n) is 8.25. The number of benzene rings is 2. The summed E-state index contributed by atoms with van der Waals surface area (Å²) >= 11 is 0. The zero-order chi connectivity index (χ0) is 28.2. The maximum Gasteiger partial charge on any atom is 0.416 e. The summed E-state index contributed by atoms with van der Waals surface area (Å²) in [7, 11) is 0. The standard InChI is InChI=1S/C26H19F3N6O.CH2O2/c1-15-2-4-17(5-3-15)24-34-21(22-23(30)32-12-13-35(22)24)16-6-8-18(9-7-16)25(36)33-20-14-19(10-11-31-20)26(27,28)29;2-1-3/h2-14H,1H3,(H2,30,32)(H,31,33,36);1H,(H,2,3). The van der Waals surface area contributed by atoms with Crippen LogP contribution in [0.2, 0.25) is 0 Å². The van der Waals surface area contributed by atoms with Gasteiger partial charge in [0.05, 0.1) is 5.56 Å². The number of halogens is 3. The van der Waals surface area contributed by atoms with Gasteiger partial charge in [0.2, 0.25) is 0 Å². The van der Waals surface area contributed by atoms with Crippen LogP contribution in [0.5, 0.6) is 0 Å². The van der Waals surface area contributed by atoms with Gasteiger partial charge in [-0.05, 0) is 31.2 Å². The van der Waals surface area contributed by atoms with Crippen LogP contribution in [0.1, 0.15) is 21.5 Å². The molecule has 12 heteroatoms. The van der Waals surface area contributed by atoms with Gasteiger partial charge in [0.15, 0.2) is 0 Å². The van der Waals surface area contributed by atoms with Crippen molar-refractivity contribution in [1.29, 1.82) is 0 Å². The van der Waals surface area contributed by atoms with Crippen molar-refractivity contribution in [1.82, 2.24) is 19.4 Å². The highest BCUT2D eigenvalue weighted by molar-refractivity contribution is 6.04. The Morgan fingerprint density at radius 1 is 1.00 bits per heavy atom. The first kappa shape index (κ1) is 26.8. The molecule has 2 aromatic carbocycles. The molecule has 3 heterocycles. The number of nitrogen functional groups attached to an aromatic ring is 1. The molecule has 0 saturated carbocycles. The van der Waals surface area contributed by atoms with Crippen molar-refractivity contribution in [2.24, 2.45) is 0 Å². The number of pyridine rings is 1. The minimum absolute atomic E-state index is 0.194. The van der Waals surface area contributed by atoms with Gasteiger partial charge >= 0.3 is 6.18 Å². The van der Waals surface area contributed by atoms with Crippen LogP contribution in [0.4, 0.5) is 24.8 Å². The number of alkyl halides is 3. The van der Waals surface area contributed by atoms with E-state index < -0.39 is 17.6 Å². The third-order valence-electron chi connectivity index (χ3n) is 5.64. The van der Waals surface area contributed by atoms with Crippen LogP contribution in [0.25, 0.3) is 28.2 Å². The van der Waals surface area contributed by atoms with Crippen LogP contribution in [-0.4, -0.2) is 36.8 Å². The number of imidazole rings is 1. The molecule has 1 amide bonds. The SMILES string of the molecule is Cc1ccc(-c2nc(-c3ccc(C(=O)Nc4cc(C(F)(F)F)ccn4)cc3)c3c(N)nccn23)cc1.O=CO. The second-order valence-corrected chi connectivity index (χ2v) is 8.25. The first-order chi connectivity index (χ1) is 18.6. The number of rotatable bonds is 4. The molecule has 0 saturated heterocycles. The lowest BCUT2D eigenvalue weighted by atomic mass is 10.1. The molecule has 0 fully saturated rings. The predicted molar refractivity (Wildman–Crippen MR) is 139 cm³/mol. The summed E-state index contributed by atoms with van der Waals surface area (Å²) in [5.41, 5.74) is 9.46. The molecule has 0 bridgehead atoms. The first-order valence-electron chi connectivity index (χ1n) is 11.3. The molecule has 5 aromatic rings. The molecule has 0 aliphatic rings. The Morgan fingerprint density at radius 3 is 2.28 bits per heavy atom. The third kappa shape index (κ3) is 5.85. The highest BCUT2D eigenvalue weighted by Crippen LogP contribution is 2.33. The maximum absolute atomic E-state index is 12.9. The van der Waals surface area contributed by atoms with Crippen molar-refractivity contribution < 1.29 is 27.9 Å². The maximum atomic E-state index is 12.9. The molecule has 9 nitrogen and oxygen atoms in total. The minimum Gasteiger partial charge on any atom is -0.483 e. The molecule has 0 radical (unpaired) electrons. The number of aromatic nitrogens is 4. The topological polar surface area (TPSA) is 136 Å². The van der Waals surface area contributed by atoms with Gasteiger partial charge < -0.3 is 16.2 Å². The zero-order valence-corrected chi connectivity index (χ0v) is 20.3. The Bertz CT molecular complexity index is 1630. The number of carbonyl (C=O) groups is 2. The van der Waals surface area contributed by atoms with Gasteiger partial charge in [-0.2, -0.15) is 13.2 Å². The number of carbonyl (C=O) groups excluding carboxylic acids is 1. The summed E-state index contributed by atoms with van der Waals surface area (Å²) in [6.45, 7) is 1.75. The monoisotopic (exact) mass is 534 g/mol. The predicted octanol–water partition coefficient (Wildman–Crippen LogP) is 5.32. The fourth-order valence-electron chi connectivity index (χ4n) is 3.81. The van der Waals surface area contributed by atoms with Crippen LogP contribution in [-0.2, 0) is 11.0 Å². The Kier molecular flexibility index (Phi) is 7.56. The van der Waals surface area contributed by atoms with Gasteiger partial charge in [0.25, 0.3) is 12.4 Å². The average molecular weight is 534 g/mol. The van der Waals surface area contributed by atoms with Gasteiger partial charge in [0.1, 0.15) is 28.7 Å². The molecule has 198 valence electrons. The van der Waals surface area contributed by atoms with Gasteiger partial charge in [0, 0.05) is 35.3 Å². The molecule has 0 aliphatic heterocycles. The van der Waals surface area contributed by atoms with Gasteiger partial charge in [-0.25, -0.2) is 15.0 Å². The lowest BCUT2D eigenvalue weighted by Crippen LogP contribution is -2.14. The van der Waals surface area contributed by atoms with Crippen molar-refractivity contribution in [3.63, 3.8) is 0 Å². The van der Waals surface area contributed by atoms with E-state index in [2.05, 4.69) is 15.3 Å². The summed E-state index contributed by atoms with van der Waals surface area (Å²) in [5, 5.41) is 9.29. The summed E-state index contributed by atoms with van der Waals surface area (Å²) in [4.78, 5) is 33.8. The van der Waals surface area contributed by atoms with Crippen LogP contribution in [0.15, 0.2) is 79.3 Å². The number of hydrogen-bond acceptors (Lipinski definition) is 6. The molecule has 5 rings (SSSR count). The van der Waals surface area contributed by atoms with Crippen LogP contribution in [0.3, 0.4) is 0 Å². The van der Waals surface area contributed by atoms with Crippen molar-refractivity contribution in [3.05, 3.63) is 95.9 Å². The number of carboxylic acid groups (broad SMARTS) is 1. The summed E-state index contributed by atoms with van der Waals surface area (Å²) in [6, 6.07) is 16.1. The van der Waals surface area contributed by atoms with Gasteiger partial charge in [-0.1, -0.05) is 42.0 Å². The van der Waals surface area contributed by atoms with E-state index in [1.165, 1.54) is 0 Å². The van der Waals surface area contributed by atoms with Crippen molar-refractivity contribution >= 4 is 29.5 Å².